The molecule has 10 heteroatoms. The van der Waals surface area contributed by atoms with Crippen LogP contribution in [0.5, 0.6) is 0 Å². The van der Waals surface area contributed by atoms with Crippen molar-refractivity contribution in [2.24, 2.45) is 0 Å². The molecule has 0 spiro atoms. The second-order valence-electron chi connectivity index (χ2n) is 12.5. The Labute approximate surface area is 229 Å². The number of hydrogen-bond acceptors (Lipinski definition) is 4. The first-order valence-corrected chi connectivity index (χ1v) is 14.0. The first-order valence-electron chi connectivity index (χ1n) is 14.0. The molecular formula is C29H42F4N4O2. The van der Waals surface area contributed by atoms with Crippen molar-refractivity contribution in [1.82, 2.24) is 14.7 Å². The Morgan fingerprint density at radius 1 is 0.974 bits per heavy atom. The molecule has 0 unspecified atom stereocenters. The summed E-state index contributed by atoms with van der Waals surface area (Å²) in [5, 5.41) is 0. The number of alkyl halides is 4. The number of carbonyl (C=O) groups excluding carboxylic acids is 2. The van der Waals surface area contributed by atoms with Gasteiger partial charge in [-0.1, -0.05) is 6.07 Å². The first-order chi connectivity index (χ1) is 18.1. The van der Waals surface area contributed by atoms with Gasteiger partial charge in [0.25, 0.3) is 5.91 Å². The van der Waals surface area contributed by atoms with E-state index in [-0.39, 0.29) is 36.4 Å². The van der Waals surface area contributed by atoms with Crippen molar-refractivity contribution < 1.29 is 27.2 Å². The van der Waals surface area contributed by atoms with Crippen LogP contribution < -0.4 is 4.90 Å². The second-order valence-corrected chi connectivity index (χ2v) is 12.5. The minimum atomic E-state index is -4.45. The Bertz CT molecular complexity index is 1060. The van der Waals surface area contributed by atoms with Crippen molar-refractivity contribution >= 4 is 17.5 Å². The molecule has 3 aliphatic rings. The van der Waals surface area contributed by atoms with E-state index in [9.17, 15) is 22.8 Å². The van der Waals surface area contributed by atoms with E-state index in [0.29, 0.717) is 64.1 Å². The van der Waals surface area contributed by atoms with Gasteiger partial charge in [-0.15, -0.1) is 0 Å². The number of rotatable bonds is 4. The Hall–Kier alpha value is -2.36. The quantitative estimate of drug-likeness (QED) is 0.488. The van der Waals surface area contributed by atoms with Gasteiger partial charge in [0.05, 0.1) is 5.56 Å². The van der Waals surface area contributed by atoms with Gasteiger partial charge in [0, 0.05) is 76.9 Å². The molecule has 2 amide bonds. The number of anilines is 1. The molecule has 0 aromatic heterocycles. The molecule has 1 atom stereocenters. The average Bonchev–Trinajstić information content (AvgIpc) is 3.31. The zero-order chi connectivity index (χ0) is 28.8. The van der Waals surface area contributed by atoms with E-state index in [1.165, 1.54) is 13.0 Å². The third-order valence-corrected chi connectivity index (χ3v) is 8.98. The van der Waals surface area contributed by atoms with Crippen LogP contribution in [0.2, 0.25) is 0 Å². The lowest BCUT2D eigenvalue weighted by Crippen LogP contribution is -2.51. The van der Waals surface area contributed by atoms with Gasteiger partial charge in [0.2, 0.25) is 11.6 Å². The fourth-order valence-corrected chi connectivity index (χ4v) is 6.29. The summed E-state index contributed by atoms with van der Waals surface area (Å²) < 4.78 is 56.7. The maximum absolute atomic E-state index is 15.7. The SMILES string of the molecule is CC(=O)N(C)C1CCN(c2cc(C(F)(F)F)ccc2C2CCN(C(=O)[C@@]3(F)CCN(C(C)(C)C)C3)CC2)CC1. The molecule has 0 N–H and O–H groups in total. The molecule has 39 heavy (non-hydrogen) atoms. The van der Waals surface area contributed by atoms with Gasteiger partial charge in [0.1, 0.15) is 0 Å². The zero-order valence-corrected chi connectivity index (χ0v) is 23.8. The molecule has 218 valence electrons. The summed E-state index contributed by atoms with van der Waals surface area (Å²) >= 11 is 0. The summed E-state index contributed by atoms with van der Waals surface area (Å²) in [5.41, 5.74) is -1.35. The lowest BCUT2D eigenvalue weighted by atomic mass is 9.86. The van der Waals surface area contributed by atoms with Crippen LogP contribution >= 0.6 is 0 Å². The third-order valence-electron chi connectivity index (χ3n) is 8.98. The summed E-state index contributed by atoms with van der Waals surface area (Å²) in [6, 6.07) is 4.05. The van der Waals surface area contributed by atoms with Gasteiger partial charge in [-0.2, -0.15) is 13.2 Å². The molecule has 3 aliphatic heterocycles. The van der Waals surface area contributed by atoms with Gasteiger partial charge in [-0.25, -0.2) is 4.39 Å². The minimum absolute atomic E-state index is 0.0193. The molecule has 6 nitrogen and oxygen atoms in total. The van der Waals surface area contributed by atoms with Crippen molar-refractivity contribution in [3.05, 3.63) is 29.3 Å². The molecule has 0 aliphatic carbocycles. The van der Waals surface area contributed by atoms with Crippen LogP contribution in [0.15, 0.2) is 18.2 Å². The normalized spacial score (nSPS) is 24.3. The summed E-state index contributed by atoms with van der Waals surface area (Å²) in [6.07, 6.45) is -1.75. The van der Waals surface area contributed by atoms with Gasteiger partial charge < -0.3 is 14.7 Å². The fourth-order valence-electron chi connectivity index (χ4n) is 6.29. The number of nitrogens with zero attached hydrogens (tertiary/aromatic N) is 4. The van der Waals surface area contributed by atoms with Crippen molar-refractivity contribution in [1.29, 1.82) is 0 Å². The van der Waals surface area contributed by atoms with Crippen molar-refractivity contribution in [3.63, 3.8) is 0 Å². The van der Waals surface area contributed by atoms with Crippen LogP contribution in [0.25, 0.3) is 0 Å². The number of carbonyl (C=O) groups is 2. The number of amides is 2. The number of halogens is 4. The largest absolute Gasteiger partial charge is 0.416 e. The van der Waals surface area contributed by atoms with Gasteiger partial charge in [-0.3, -0.25) is 14.5 Å². The molecule has 1 aromatic carbocycles. The van der Waals surface area contributed by atoms with Crippen LogP contribution in [0.1, 0.15) is 76.8 Å². The second kappa shape index (κ2) is 10.9. The van der Waals surface area contributed by atoms with Crippen LogP contribution in [0.3, 0.4) is 0 Å². The predicted octanol–water partition coefficient (Wildman–Crippen LogP) is 5.07. The van der Waals surface area contributed by atoms with Crippen LogP contribution in [-0.2, 0) is 15.8 Å². The van der Waals surface area contributed by atoms with Gasteiger partial charge in [-0.05, 0) is 70.1 Å². The molecule has 0 radical (unpaired) electrons. The van der Waals surface area contributed by atoms with Gasteiger partial charge in [0.15, 0.2) is 0 Å². The standard InChI is InChI=1S/C29H42F4N4O2/c1-20(38)34(5)23-10-15-35(16-11-23)25-18-22(29(31,32)33)6-7-24(25)21-8-13-36(14-9-21)26(39)28(30)12-17-37(19-28)27(2,3)4/h6-7,18,21,23H,8-17,19H2,1-5H3/t28-/m1/s1. The first kappa shape index (κ1) is 29.6. The highest BCUT2D eigenvalue weighted by Gasteiger charge is 2.49. The van der Waals surface area contributed by atoms with E-state index in [1.54, 1.807) is 22.9 Å². The fraction of sp³-hybridized carbons (Fsp3) is 0.724. The molecule has 4 rings (SSSR count). The molecule has 3 fully saturated rings. The van der Waals surface area contributed by atoms with Crippen LogP contribution in [-0.4, -0.2) is 90.1 Å². The summed E-state index contributed by atoms with van der Waals surface area (Å²) in [7, 11) is 1.77. The van der Waals surface area contributed by atoms with E-state index < -0.39 is 23.3 Å². The lowest BCUT2D eigenvalue weighted by Gasteiger charge is -2.40. The average molecular weight is 555 g/mol. The Balaban J connectivity index is 1.47. The molecule has 3 heterocycles. The minimum Gasteiger partial charge on any atom is -0.371 e. The monoisotopic (exact) mass is 554 g/mol. The number of likely N-dealkylation sites (tertiary alicyclic amines) is 2. The maximum Gasteiger partial charge on any atom is 0.416 e. The highest BCUT2D eigenvalue weighted by atomic mass is 19.4. The summed E-state index contributed by atoms with van der Waals surface area (Å²) in [6.45, 7) is 10.1. The zero-order valence-electron chi connectivity index (χ0n) is 23.8. The molecule has 1 aromatic rings. The third kappa shape index (κ3) is 6.36. The molecular weight excluding hydrogens is 512 g/mol. The topological polar surface area (TPSA) is 47.1 Å². The highest BCUT2D eigenvalue weighted by Crippen LogP contribution is 2.41. The Morgan fingerprint density at radius 3 is 2.10 bits per heavy atom. The van der Waals surface area contributed by atoms with Crippen LogP contribution in [0, 0.1) is 0 Å². The molecule has 0 bridgehead atoms. The van der Waals surface area contributed by atoms with E-state index >= 15 is 4.39 Å². The predicted molar refractivity (Wildman–Crippen MR) is 143 cm³/mol. The Morgan fingerprint density at radius 2 is 1.59 bits per heavy atom. The number of benzene rings is 1. The summed E-state index contributed by atoms with van der Waals surface area (Å²) in [4.78, 5) is 32.3. The maximum atomic E-state index is 15.7. The molecule has 0 saturated carbocycles. The smallest absolute Gasteiger partial charge is 0.371 e. The Kier molecular flexibility index (Phi) is 8.28. The van der Waals surface area contributed by atoms with E-state index in [1.807, 2.05) is 30.6 Å². The van der Waals surface area contributed by atoms with E-state index in [2.05, 4.69) is 0 Å². The number of piperidine rings is 2. The lowest BCUT2D eigenvalue weighted by molar-refractivity contribution is -0.144. The number of hydrogen-bond donors (Lipinski definition) is 0. The van der Waals surface area contributed by atoms with E-state index in [0.717, 1.165) is 11.6 Å². The van der Waals surface area contributed by atoms with Crippen molar-refractivity contribution in [2.75, 3.05) is 51.2 Å². The van der Waals surface area contributed by atoms with E-state index in [4.69, 9.17) is 0 Å². The van der Waals surface area contributed by atoms with Crippen molar-refractivity contribution in [2.45, 2.75) is 89.1 Å². The van der Waals surface area contributed by atoms with Gasteiger partial charge >= 0.3 is 6.18 Å². The molecule has 3 saturated heterocycles. The highest BCUT2D eigenvalue weighted by molar-refractivity contribution is 5.86. The summed E-state index contributed by atoms with van der Waals surface area (Å²) in [5.74, 6) is -0.500. The van der Waals surface area contributed by atoms with Crippen molar-refractivity contribution in [3.8, 4) is 0 Å². The van der Waals surface area contributed by atoms with Crippen LogP contribution in [0.4, 0.5) is 23.2 Å².